The normalized spacial score (nSPS) is 14.3. The molecule has 0 aliphatic carbocycles. The summed E-state index contributed by atoms with van der Waals surface area (Å²) < 4.78 is 6.09. The summed E-state index contributed by atoms with van der Waals surface area (Å²) in [6.45, 7) is 17.2. The lowest BCUT2D eigenvalue weighted by molar-refractivity contribution is 0.0943. The van der Waals surface area contributed by atoms with Gasteiger partial charge in [-0.05, 0) is 81.2 Å². The largest absolute Gasteiger partial charge is 0.508 e. The van der Waals surface area contributed by atoms with Crippen LogP contribution in [0.5, 0.6) is 5.75 Å². The minimum atomic E-state index is -0.235. The van der Waals surface area contributed by atoms with Crippen molar-refractivity contribution in [2.45, 2.75) is 66.0 Å². The second kappa shape index (κ2) is 12.8. The highest BCUT2D eigenvalue weighted by atomic mass is 16.5. The van der Waals surface area contributed by atoms with Gasteiger partial charge in [-0.25, -0.2) is 0 Å². The molecule has 0 saturated carbocycles. The van der Waals surface area contributed by atoms with Crippen LogP contribution in [0, 0.1) is 0 Å². The average molecular weight is 428 g/mol. The molecule has 3 N–H and O–H groups in total. The molecule has 0 heterocycles. The predicted octanol–water partition coefficient (Wildman–Crippen LogP) is 5.73. The van der Waals surface area contributed by atoms with Crippen LogP contribution in [0.1, 0.15) is 69.8 Å². The summed E-state index contributed by atoms with van der Waals surface area (Å²) in [5.74, 6) is 0.446. The van der Waals surface area contributed by atoms with E-state index in [-0.39, 0.29) is 30.4 Å². The lowest BCUT2D eigenvalue weighted by Gasteiger charge is -2.20. The zero-order chi connectivity index (χ0) is 23.6. The number of carbonyl (C=O) groups excluding carboxylic acids is 1. The smallest absolute Gasteiger partial charge is 0.251 e. The molecule has 31 heavy (non-hydrogen) atoms. The van der Waals surface area contributed by atoms with Gasteiger partial charge in [-0.15, -0.1) is 0 Å². The van der Waals surface area contributed by atoms with Crippen molar-refractivity contribution in [1.82, 2.24) is 5.32 Å². The summed E-state index contributed by atoms with van der Waals surface area (Å²) in [5, 5.41) is 22.0. The van der Waals surface area contributed by atoms with Crippen molar-refractivity contribution in [2.75, 3.05) is 6.61 Å². The highest BCUT2D eigenvalue weighted by molar-refractivity contribution is 5.96. The maximum absolute atomic E-state index is 13.0. The van der Waals surface area contributed by atoms with Crippen molar-refractivity contribution in [1.29, 1.82) is 0 Å². The Bertz CT molecular complexity index is 845. The van der Waals surface area contributed by atoms with E-state index < -0.39 is 0 Å². The number of allylic oxidation sites excluding steroid dienone is 4. The minimum absolute atomic E-state index is 0.0521. The number of carbonyl (C=O) groups is 1. The summed E-state index contributed by atoms with van der Waals surface area (Å²) in [6.07, 6.45) is 5.18. The van der Waals surface area contributed by atoms with Gasteiger partial charge >= 0.3 is 0 Å². The summed E-state index contributed by atoms with van der Waals surface area (Å²) in [7, 11) is 0. The number of amides is 1. The number of hydrogen-bond acceptors (Lipinski definition) is 4. The number of aliphatic hydroxyl groups is 2. The molecule has 5 heteroatoms. The first kappa shape index (κ1) is 26.2. The van der Waals surface area contributed by atoms with Crippen LogP contribution < -0.4 is 10.1 Å². The van der Waals surface area contributed by atoms with E-state index in [1.165, 1.54) is 6.08 Å². The van der Waals surface area contributed by atoms with Crippen LogP contribution >= 0.6 is 0 Å². The maximum Gasteiger partial charge on any atom is 0.251 e. The van der Waals surface area contributed by atoms with Gasteiger partial charge in [0.05, 0.1) is 0 Å². The zero-order valence-electron chi connectivity index (χ0n) is 19.5. The Labute approximate surface area is 186 Å². The monoisotopic (exact) mass is 427 g/mol. The van der Waals surface area contributed by atoms with E-state index in [2.05, 4.69) is 25.4 Å². The first-order valence-corrected chi connectivity index (χ1v) is 10.7. The molecule has 5 nitrogen and oxygen atoms in total. The molecule has 0 aliphatic rings. The Hall–Kier alpha value is -2.79. The highest BCUT2D eigenvalue weighted by Crippen LogP contribution is 2.25. The van der Waals surface area contributed by atoms with Crippen LogP contribution in [-0.2, 0) is 0 Å². The molecule has 1 amide bonds. The number of nitrogens with one attached hydrogen (secondary N) is 1. The minimum Gasteiger partial charge on any atom is -0.508 e. The quantitative estimate of drug-likeness (QED) is 0.294. The second-order valence-corrected chi connectivity index (χ2v) is 7.90. The van der Waals surface area contributed by atoms with E-state index >= 15 is 0 Å². The first-order valence-electron chi connectivity index (χ1n) is 10.7. The van der Waals surface area contributed by atoms with Gasteiger partial charge in [0, 0.05) is 24.6 Å². The fraction of sp³-hybridized carbons (Fsp3) is 0.423. The molecule has 0 fully saturated rings. The highest BCUT2D eigenvalue weighted by Gasteiger charge is 2.16. The predicted molar refractivity (Wildman–Crippen MR) is 128 cm³/mol. The molecule has 0 saturated heterocycles. The van der Waals surface area contributed by atoms with E-state index in [0.717, 1.165) is 35.1 Å². The summed E-state index contributed by atoms with van der Waals surface area (Å²) in [6, 6.07) is 5.17. The number of aliphatic hydroxyl groups excluding tert-OH is 2. The fourth-order valence-electron chi connectivity index (χ4n) is 3.09. The summed E-state index contributed by atoms with van der Waals surface area (Å²) in [4.78, 5) is 13.0. The second-order valence-electron chi connectivity index (χ2n) is 7.90. The van der Waals surface area contributed by atoms with E-state index in [0.29, 0.717) is 17.7 Å². The molecule has 0 bridgehead atoms. The van der Waals surface area contributed by atoms with Crippen LogP contribution in [0.2, 0.25) is 0 Å². The molecular formula is C26H37NO4. The standard InChI is InChI=1S/C26H37NO4/c1-8-10-24(11-12-28)31-25-15-21(17(3)4)14-22(16-25)26(30)27-20(7)19(6)18(5)13-23(29)9-2/h9,13-16,20,24,28-29H,2-3,8,10-12H2,1,4-7H3,(H,27,30)/b19-18+,23-13+. The molecule has 2 atom stereocenters. The van der Waals surface area contributed by atoms with Gasteiger partial charge in [0.25, 0.3) is 5.91 Å². The van der Waals surface area contributed by atoms with E-state index in [9.17, 15) is 15.0 Å². The molecule has 0 aliphatic heterocycles. The van der Waals surface area contributed by atoms with Crippen molar-refractivity contribution < 1.29 is 19.7 Å². The van der Waals surface area contributed by atoms with Crippen LogP contribution in [0.3, 0.4) is 0 Å². The Morgan fingerprint density at radius 3 is 2.39 bits per heavy atom. The van der Waals surface area contributed by atoms with Gasteiger partial charge < -0.3 is 20.3 Å². The molecule has 2 unspecified atom stereocenters. The van der Waals surface area contributed by atoms with E-state index in [1.54, 1.807) is 18.2 Å². The first-order chi connectivity index (χ1) is 14.6. The van der Waals surface area contributed by atoms with Crippen molar-refractivity contribution in [3.63, 3.8) is 0 Å². The van der Waals surface area contributed by atoms with Crippen LogP contribution in [-0.4, -0.2) is 34.9 Å². The SMILES string of the molecule is C=C/C(O)=C\C(C)=C(/C)C(C)NC(=O)c1cc(OC(CCC)CCO)cc(C(=C)C)c1. The van der Waals surface area contributed by atoms with Crippen molar-refractivity contribution in [3.8, 4) is 5.75 Å². The Balaban J connectivity index is 3.15. The molecular weight excluding hydrogens is 390 g/mol. The van der Waals surface area contributed by atoms with Gasteiger partial charge in [0.2, 0.25) is 0 Å². The maximum atomic E-state index is 13.0. The third kappa shape index (κ3) is 8.46. The number of hydrogen-bond donors (Lipinski definition) is 3. The van der Waals surface area contributed by atoms with Gasteiger partial charge in [-0.1, -0.05) is 32.1 Å². The zero-order valence-corrected chi connectivity index (χ0v) is 19.5. The molecule has 170 valence electrons. The molecule has 0 radical (unpaired) electrons. The molecule has 1 aromatic rings. The Kier molecular flexibility index (Phi) is 10.8. The molecule has 0 aromatic heterocycles. The van der Waals surface area contributed by atoms with Crippen molar-refractivity contribution in [2.24, 2.45) is 0 Å². The number of benzene rings is 1. The lowest BCUT2D eigenvalue weighted by atomic mass is 10.0. The molecule has 1 aromatic carbocycles. The third-order valence-electron chi connectivity index (χ3n) is 5.22. The fourth-order valence-corrected chi connectivity index (χ4v) is 3.09. The van der Waals surface area contributed by atoms with Crippen molar-refractivity contribution >= 4 is 11.5 Å². The Morgan fingerprint density at radius 2 is 1.84 bits per heavy atom. The summed E-state index contributed by atoms with van der Waals surface area (Å²) in [5.41, 5.74) is 3.93. The Morgan fingerprint density at radius 1 is 1.19 bits per heavy atom. The van der Waals surface area contributed by atoms with Gasteiger partial charge in [0.15, 0.2) is 0 Å². The van der Waals surface area contributed by atoms with Crippen LogP contribution in [0.25, 0.3) is 5.57 Å². The number of rotatable bonds is 12. The van der Waals surface area contributed by atoms with Gasteiger partial charge in [-0.2, -0.15) is 0 Å². The van der Waals surface area contributed by atoms with E-state index in [1.807, 2.05) is 33.8 Å². The van der Waals surface area contributed by atoms with E-state index in [4.69, 9.17) is 4.74 Å². The topological polar surface area (TPSA) is 78.8 Å². The third-order valence-corrected chi connectivity index (χ3v) is 5.22. The van der Waals surface area contributed by atoms with Crippen LogP contribution in [0.4, 0.5) is 0 Å². The lowest BCUT2D eigenvalue weighted by Crippen LogP contribution is -2.33. The van der Waals surface area contributed by atoms with Gasteiger partial charge in [0.1, 0.15) is 17.6 Å². The van der Waals surface area contributed by atoms with Crippen LogP contribution in [0.15, 0.2) is 60.4 Å². The summed E-state index contributed by atoms with van der Waals surface area (Å²) >= 11 is 0. The van der Waals surface area contributed by atoms with Gasteiger partial charge in [-0.3, -0.25) is 4.79 Å². The molecule has 0 spiro atoms. The number of ether oxygens (including phenoxy) is 1. The average Bonchev–Trinajstić information content (AvgIpc) is 2.72. The van der Waals surface area contributed by atoms with Crippen molar-refractivity contribution in [3.05, 3.63) is 71.5 Å². The molecule has 1 rings (SSSR count).